The molecule has 2 aromatic rings. The average molecular weight is 297 g/mol. The second kappa shape index (κ2) is 7.12. The minimum atomic E-state index is -0.550. The minimum Gasteiger partial charge on any atom is -0.481 e. The molecule has 3 nitrogen and oxygen atoms in total. The van der Waals surface area contributed by atoms with Crippen LogP contribution in [0.5, 0.6) is 5.75 Å². The van der Waals surface area contributed by atoms with E-state index in [1.165, 1.54) is 5.56 Å². The van der Waals surface area contributed by atoms with Crippen LogP contribution in [0.3, 0.4) is 0 Å². The SMILES string of the molecule is CCc1ccc(NC(=O)[C@@H](C)Oc2cc(C)ccc2C)cc1. The van der Waals surface area contributed by atoms with Crippen molar-refractivity contribution in [2.75, 3.05) is 5.32 Å². The van der Waals surface area contributed by atoms with E-state index in [-0.39, 0.29) is 5.91 Å². The van der Waals surface area contributed by atoms with E-state index in [4.69, 9.17) is 4.74 Å². The van der Waals surface area contributed by atoms with Gasteiger partial charge in [0.25, 0.3) is 5.91 Å². The number of ether oxygens (including phenoxy) is 1. The van der Waals surface area contributed by atoms with Crippen LogP contribution in [0.4, 0.5) is 5.69 Å². The van der Waals surface area contributed by atoms with E-state index in [1.807, 2.05) is 56.3 Å². The number of rotatable bonds is 5. The van der Waals surface area contributed by atoms with E-state index in [9.17, 15) is 4.79 Å². The van der Waals surface area contributed by atoms with Crippen LogP contribution in [-0.2, 0) is 11.2 Å². The maximum atomic E-state index is 12.2. The smallest absolute Gasteiger partial charge is 0.265 e. The van der Waals surface area contributed by atoms with Crippen LogP contribution < -0.4 is 10.1 Å². The van der Waals surface area contributed by atoms with E-state index in [1.54, 1.807) is 6.92 Å². The van der Waals surface area contributed by atoms with Crippen LogP contribution in [0.1, 0.15) is 30.5 Å². The highest BCUT2D eigenvalue weighted by molar-refractivity contribution is 5.94. The van der Waals surface area contributed by atoms with Gasteiger partial charge in [0, 0.05) is 5.69 Å². The monoisotopic (exact) mass is 297 g/mol. The summed E-state index contributed by atoms with van der Waals surface area (Å²) >= 11 is 0. The minimum absolute atomic E-state index is 0.148. The van der Waals surface area contributed by atoms with E-state index < -0.39 is 6.10 Å². The van der Waals surface area contributed by atoms with Crippen LogP contribution in [0.25, 0.3) is 0 Å². The molecule has 3 heteroatoms. The molecule has 0 saturated carbocycles. The number of hydrogen-bond acceptors (Lipinski definition) is 2. The molecular formula is C19H23NO2. The molecule has 0 spiro atoms. The Bertz CT molecular complexity index is 647. The molecule has 0 unspecified atom stereocenters. The molecule has 116 valence electrons. The van der Waals surface area contributed by atoms with Gasteiger partial charge in [-0.1, -0.05) is 31.2 Å². The fourth-order valence-corrected chi connectivity index (χ4v) is 2.15. The Morgan fingerprint density at radius 1 is 1.14 bits per heavy atom. The summed E-state index contributed by atoms with van der Waals surface area (Å²) in [6, 6.07) is 13.9. The molecule has 0 aliphatic carbocycles. The van der Waals surface area contributed by atoms with Crippen molar-refractivity contribution in [3.63, 3.8) is 0 Å². The van der Waals surface area contributed by atoms with Crippen LogP contribution in [0.2, 0.25) is 0 Å². The summed E-state index contributed by atoms with van der Waals surface area (Å²) in [4.78, 5) is 12.2. The highest BCUT2D eigenvalue weighted by atomic mass is 16.5. The van der Waals surface area contributed by atoms with Crippen molar-refractivity contribution >= 4 is 11.6 Å². The summed E-state index contributed by atoms with van der Waals surface area (Å²) < 4.78 is 5.79. The molecule has 0 aliphatic heterocycles. The second-order valence-corrected chi connectivity index (χ2v) is 5.57. The van der Waals surface area contributed by atoms with Gasteiger partial charge in [-0.05, 0) is 62.1 Å². The molecule has 2 aromatic carbocycles. The van der Waals surface area contributed by atoms with Gasteiger partial charge in [0.2, 0.25) is 0 Å². The molecule has 0 aliphatic rings. The highest BCUT2D eigenvalue weighted by Crippen LogP contribution is 2.21. The van der Waals surface area contributed by atoms with Gasteiger partial charge in [0.05, 0.1) is 0 Å². The van der Waals surface area contributed by atoms with Gasteiger partial charge < -0.3 is 10.1 Å². The molecule has 2 rings (SSSR count). The first-order valence-corrected chi connectivity index (χ1v) is 7.63. The predicted molar refractivity (Wildman–Crippen MR) is 90.5 cm³/mol. The lowest BCUT2D eigenvalue weighted by atomic mass is 10.1. The number of aryl methyl sites for hydroxylation is 3. The number of carbonyl (C=O) groups excluding carboxylic acids is 1. The topological polar surface area (TPSA) is 38.3 Å². The maximum absolute atomic E-state index is 12.2. The zero-order valence-electron chi connectivity index (χ0n) is 13.6. The van der Waals surface area contributed by atoms with Gasteiger partial charge in [-0.3, -0.25) is 4.79 Å². The van der Waals surface area contributed by atoms with Gasteiger partial charge in [0.15, 0.2) is 6.10 Å². The number of carbonyl (C=O) groups is 1. The van der Waals surface area contributed by atoms with Crippen molar-refractivity contribution < 1.29 is 9.53 Å². The fourth-order valence-electron chi connectivity index (χ4n) is 2.15. The Kier molecular flexibility index (Phi) is 5.21. The molecule has 1 atom stereocenters. The van der Waals surface area contributed by atoms with Crippen molar-refractivity contribution in [2.24, 2.45) is 0 Å². The third kappa shape index (κ3) is 4.10. The van der Waals surface area contributed by atoms with Gasteiger partial charge in [-0.15, -0.1) is 0 Å². The molecule has 0 aromatic heterocycles. The van der Waals surface area contributed by atoms with Crippen molar-refractivity contribution in [1.29, 1.82) is 0 Å². The van der Waals surface area contributed by atoms with Crippen LogP contribution in [0.15, 0.2) is 42.5 Å². The molecule has 0 heterocycles. The lowest BCUT2D eigenvalue weighted by Gasteiger charge is -2.17. The van der Waals surface area contributed by atoms with Crippen molar-refractivity contribution in [3.8, 4) is 5.75 Å². The Morgan fingerprint density at radius 3 is 2.45 bits per heavy atom. The van der Waals surface area contributed by atoms with E-state index in [2.05, 4.69) is 12.2 Å². The first kappa shape index (κ1) is 16.1. The van der Waals surface area contributed by atoms with E-state index >= 15 is 0 Å². The first-order chi connectivity index (χ1) is 10.5. The number of hydrogen-bond donors (Lipinski definition) is 1. The summed E-state index contributed by atoms with van der Waals surface area (Å²) in [7, 11) is 0. The lowest BCUT2D eigenvalue weighted by molar-refractivity contribution is -0.122. The Balaban J connectivity index is 2.00. The van der Waals surface area contributed by atoms with Crippen molar-refractivity contribution in [2.45, 2.75) is 40.2 Å². The normalized spacial score (nSPS) is 11.8. The third-order valence-corrected chi connectivity index (χ3v) is 3.65. The molecule has 0 bridgehead atoms. The Labute approximate surface area is 132 Å². The maximum Gasteiger partial charge on any atom is 0.265 e. The molecule has 1 N–H and O–H groups in total. The molecule has 1 amide bonds. The van der Waals surface area contributed by atoms with Gasteiger partial charge in [0.1, 0.15) is 5.75 Å². The summed E-state index contributed by atoms with van der Waals surface area (Å²) in [5.74, 6) is 0.606. The fraction of sp³-hybridized carbons (Fsp3) is 0.316. The molecule has 22 heavy (non-hydrogen) atoms. The molecule has 0 fully saturated rings. The van der Waals surface area contributed by atoms with Gasteiger partial charge >= 0.3 is 0 Å². The van der Waals surface area contributed by atoms with Gasteiger partial charge in [-0.25, -0.2) is 0 Å². The first-order valence-electron chi connectivity index (χ1n) is 7.63. The summed E-state index contributed by atoms with van der Waals surface area (Å²) in [5, 5.41) is 2.88. The number of anilines is 1. The molecule has 0 radical (unpaired) electrons. The Hall–Kier alpha value is -2.29. The van der Waals surface area contributed by atoms with Crippen molar-refractivity contribution in [1.82, 2.24) is 0 Å². The van der Waals surface area contributed by atoms with Gasteiger partial charge in [-0.2, -0.15) is 0 Å². The van der Waals surface area contributed by atoms with Crippen LogP contribution in [0, 0.1) is 13.8 Å². The summed E-state index contributed by atoms with van der Waals surface area (Å²) in [5.41, 5.74) is 4.18. The Morgan fingerprint density at radius 2 is 1.82 bits per heavy atom. The second-order valence-electron chi connectivity index (χ2n) is 5.57. The zero-order valence-corrected chi connectivity index (χ0v) is 13.6. The average Bonchev–Trinajstić information content (AvgIpc) is 2.51. The zero-order chi connectivity index (χ0) is 16.1. The van der Waals surface area contributed by atoms with Crippen LogP contribution in [-0.4, -0.2) is 12.0 Å². The number of nitrogens with one attached hydrogen (secondary N) is 1. The highest BCUT2D eigenvalue weighted by Gasteiger charge is 2.16. The number of benzene rings is 2. The lowest BCUT2D eigenvalue weighted by Crippen LogP contribution is -2.30. The standard InChI is InChI=1S/C19H23NO2/c1-5-16-8-10-17(11-9-16)20-19(21)15(4)22-18-12-13(2)6-7-14(18)3/h6-12,15H,5H2,1-4H3,(H,20,21)/t15-/m1/s1. The van der Waals surface area contributed by atoms with E-state index in [0.717, 1.165) is 29.0 Å². The van der Waals surface area contributed by atoms with Crippen LogP contribution >= 0.6 is 0 Å². The largest absolute Gasteiger partial charge is 0.481 e. The molecule has 0 saturated heterocycles. The summed E-state index contributed by atoms with van der Waals surface area (Å²) in [6.07, 6.45) is 0.437. The number of amides is 1. The molecular weight excluding hydrogens is 274 g/mol. The summed E-state index contributed by atoms with van der Waals surface area (Å²) in [6.45, 7) is 7.85. The third-order valence-electron chi connectivity index (χ3n) is 3.65. The predicted octanol–water partition coefficient (Wildman–Crippen LogP) is 4.27. The quantitative estimate of drug-likeness (QED) is 0.895. The van der Waals surface area contributed by atoms with E-state index in [0.29, 0.717) is 0 Å². The van der Waals surface area contributed by atoms with Crippen molar-refractivity contribution in [3.05, 3.63) is 59.2 Å².